The van der Waals surface area contributed by atoms with Crippen molar-refractivity contribution >= 4 is 5.57 Å². The molecule has 1 aromatic rings. The molecule has 0 saturated heterocycles. The summed E-state index contributed by atoms with van der Waals surface area (Å²) in [6, 6.07) is 6.22. The molecule has 0 aromatic heterocycles. The van der Waals surface area contributed by atoms with Crippen LogP contribution in [0.4, 0.5) is 4.39 Å². The van der Waals surface area contributed by atoms with Crippen molar-refractivity contribution in [1.82, 2.24) is 0 Å². The highest BCUT2D eigenvalue weighted by atomic mass is 19.1. The minimum atomic E-state index is -0.0822. The van der Waals surface area contributed by atoms with Crippen molar-refractivity contribution in [3.05, 3.63) is 41.2 Å². The average Bonchev–Trinajstić information content (AvgIpc) is 2.98. The van der Waals surface area contributed by atoms with Crippen LogP contribution in [0, 0.1) is 35.4 Å². The van der Waals surface area contributed by atoms with Crippen molar-refractivity contribution in [2.75, 3.05) is 6.61 Å². The topological polar surface area (TPSA) is 29.5 Å². The van der Waals surface area contributed by atoms with Crippen LogP contribution in [0.5, 0.6) is 0 Å². The SMILES string of the molecule is CCCC(O)C1CCC(C2CCC(c3ccc(C4=CCC(C5CCC(OCC)CC5)CC4)c(F)c3)CC2)CC1. The summed E-state index contributed by atoms with van der Waals surface area (Å²) in [5, 5.41) is 10.4. The Morgan fingerprint density at radius 3 is 2.05 bits per heavy atom. The monoisotopic (exact) mass is 538 g/mol. The zero-order valence-electron chi connectivity index (χ0n) is 24.9. The Bertz CT molecular complexity index is 916. The van der Waals surface area contributed by atoms with E-state index in [2.05, 4.69) is 32.1 Å². The van der Waals surface area contributed by atoms with Crippen molar-refractivity contribution in [1.29, 1.82) is 0 Å². The lowest BCUT2D eigenvalue weighted by Gasteiger charge is -2.39. The molecule has 4 aliphatic rings. The summed E-state index contributed by atoms with van der Waals surface area (Å²) >= 11 is 0. The van der Waals surface area contributed by atoms with Crippen molar-refractivity contribution in [3.8, 4) is 0 Å². The number of benzene rings is 1. The van der Waals surface area contributed by atoms with Gasteiger partial charge in [0.1, 0.15) is 5.82 Å². The fraction of sp³-hybridized carbons (Fsp3) is 0.778. The molecule has 1 aromatic carbocycles. The van der Waals surface area contributed by atoms with Crippen molar-refractivity contribution < 1.29 is 14.2 Å². The smallest absolute Gasteiger partial charge is 0.130 e. The Morgan fingerprint density at radius 2 is 1.46 bits per heavy atom. The number of halogens is 1. The van der Waals surface area contributed by atoms with Gasteiger partial charge in [-0.3, -0.25) is 0 Å². The third kappa shape index (κ3) is 7.37. The maximum absolute atomic E-state index is 15.4. The van der Waals surface area contributed by atoms with Gasteiger partial charge in [0.2, 0.25) is 0 Å². The van der Waals surface area contributed by atoms with E-state index in [0.717, 1.165) is 61.5 Å². The van der Waals surface area contributed by atoms with E-state index in [-0.39, 0.29) is 11.9 Å². The fourth-order valence-electron chi connectivity index (χ4n) is 8.99. The van der Waals surface area contributed by atoms with Gasteiger partial charge in [0.05, 0.1) is 12.2 Å². The summed E-state index contributed by atoms with van der Waals surface area (Å²) in [5.74, 6) is 4.32. The Balaban J connectivity index is 1.09. The van der Waals surface area contributed by atoms with E-state index in [1.54, 1.807) is 0 Å². The molecule has 0 bridgehead atoms. The summed E-state index contributed by atoms with van der Waals surface area (Å²) in [6.45, 7) is 5.11. The Kier molecular flexibility index (Phi) is 10.6. The van der Waals surface area contributed by atoms with Gasteiger partial charge in [0, 0.05) is 12.2 Å². The van der Waals surface area contributed by atoms with Crippen LogP contribution in [-0.2, 0) is 4.74 Å². The van der Waals surface area contributed by atoms with Gasteiger partial charge >= 0.3 is 0 Å². The normalized spacial score (nSPS) is 34.9. The molecule has 2 unspecified atom stereocenters. The molecule has 0 aliphatic heterocycles. The minimum absolute atomic E-state index is 0.000468. The highest BCUT2D eigenvalue weighted by molar-refractivity contribution is 5.67. The van der Waals surface area contributed by atoms with Crippen LogP contribution < -0.4 is 0 Å². The number of rotatable bonds is 9. The van der Waals surface area contributed by atoms with Gasteiger partial charge in [0.15, 0.2) is 0 Å². The zero-order valence-corrected chi connectivity index (χ0v) is 24.9. The van der Waals surface area contributed by atoms with E-state index in [1.807, 2.05) is 6.07 Å². The van der Waals surface area contributed by atoms with Crippen molar-refractivity contribution in [2.24, 2.45) is 29.6 Å². The van der Waals surface area contributed by atoms with Crippen LogP contribution in [0.25, 0.3) is 5.57 Å². The lowest BCUT2D eigenvalue weighted by Crippen LogP contribution is -2.30. The van der Waals surface area contributed by atoms with Gasteiger partial charge in [-0.05, 0) is 162 Å². The van der Waals surface area contributed by atoms with Gasteiger partial charge in [-0.25, -0.2) is 4.39 Å². The first-order valence-corrected chi connectivity index (χ1v) is 16.8. The summed E-state index contributed by atoms with van der Waals surface area (Å²) in [7, 11) is 0. The first-order chi connectivity index (χ1) is 19.1. The van der Waals surface area contributed by atoms with E-state index in [0.29, 0.717) is 17.9 Å². The Labute approximate surface area is 238 Å². The Hall–Kier alpha value is -1.19. The second-order valence-corrected chi connectivity index (χ2v) is 13.6. The Morgan fingerprint density at radius 1 is 0.821 bits per heavy atom. The van der Waals surface area contributed by atoms with Gasteiger partial charge in [0.25, 0.3) is 0 Å². The molecule has 218 valence electrons. The summed E-state index contributed by atoms with van der Waals surface area (Å²) in [5.41, 5.74) is 3.32. The van der Waals surface area contributed by atoms with Gasteiger partial charge in [-0.15, -0.1) is 0 Å². The molecule has 0 spiro atoms. The molecule has 39 heavy (non-hydrogen) atoms. The quantitative estimate of drug-likeness (QED) is 0.339. The van der Waals surface area contributed by atoms with E-state index in [9.17, 15) is 5.11 Å². The molecule has 2 nitrogen and oxygen atoms in total. The predicted molar refractivity (Wildman–Crippen MR) is 160 cm³/mol. The minimum Gasteiger partial charge on any atom is -0.393 e. The predicted octanol–water partition coefficient (Wildman–Crippen LogP) is 9.85. The summed E-state index contributed by atoms with van der Waals surface area (Å²) in [6.07, 6.45) is 23.2. The van der Waals surface area contributed by atoms with Crippen LogP contribution in [0.15, 0.2) is 24.3 Å². The molecule has 3 heteroatoms. The largest absolute Gasteiger partial charge is 0.393 e. The third-order valence-corrected chi connectivity index (χ3v) is 11.4. The lowest BCUT2D eigenvalue weighted by molar-refractivity contribution is 0.0175. The van der Waals surface area contributed by atoms with Gasteiger partial charge in [-0.2, -0.15) is 0 Å². The fourth-order valence-corrected chi connectivity index (χ4v) is 8.99. The lowest BCUT2D eigenvalue weighted by atomic mass is 9.67. The van der Waals surface area contributed by atoms with Gasteiger partial charge in [-0.1, -0.05) is 31.6 Å². The molecule has 1 N–H and O–H groups in total. The standard InChI is InChI=1S/C36H55FO2/c1-3-5-36(38)31-16-12-27(13-17-31)25-6-8-29(9-7-25)32-20-23-34(35(37)24-32)30-14-10-26(11-15-30)28-18-21-33(22-19-28)39-4-2/h14,20,23-29,31,33,36,38H,3-13,15-19,21-22H2,1-2H3. The molecule has 4 aliphatic carbocycles. The second-order valence-electron chi connectivity index (χ2n) is 13.6. The van der Waals surface area contributed by atoms with E-state index >= 15 is 4.39 Å². The molecule has 0 amide bonds. The van der Waals surface area contributed by atoms with Crippen LogP contribution in [0.3, 0.4) is 0 Å². The first-order valence-electron chi connectivity index (χ1n) is 16.8. The molecule has 5 rings (SSSR count). The van der Waals surface area contributed by atoms with Gasteiger partial charge < -0.3 is 9.84 Å². The molecular weight excluding hydrogens is 483 g/mol. The zero-order chi connectivity index (χ0) is 27.2. The number of hydrogen-bond acceptors (Lipinski definition) is 2. The summed E-state index contributed by atoms with van der Waals surface area (Å²) < 4.78 is 21.3. The number of aliphatic hydroxyl groups excluding tert-OH is 1. The maximum atomic E-state index is 15.4. The maximum Gasteiger partial charge on any atom is 0.130 e. The molecular formula is C36H55FO2. The average molecular weight is 539 g/mol. The highest BCUT2D eigenvalue weighted by Crippen LogP contribution is 2.45. The highest BCUT2D eigenvalue weighted by Gasteiger charge is 2.33. The van der Waals surface area contributed by atoms with Crippen LogP contribution in [0.1, 0.15) is 140 Å². The summed E-state index contributed by atoms with van der Waals surface area (Å²) in [4.78, 5) is 0. The number of ether oxygens (including phenoxy) is 1. The van der Waals surface area contributed by atoms with Crippen molar-refractivity contribution in [3.63, 3.8) is 0 Å². The van der Waals surface area contributed by atoms with E-state index in [4.69, 9.17) is 4.74 Å². The van der Waals surface area contributed by atoms with E-state index < -0.39 is 0 Å². The third-order valence-electron chi connectivity index (χ3n) is 11.4. The molecule has 3 fully saturated rings. The van der Waals surface area contributed by atoms with Crippen LogP contribution in [-0.4, -0.2) is 23.9 Å². The van der Waals surface area contributed by atoms with Crippen LogP contribution in [0.2, 0.25) is 0 Å². The molecule has 0 radical (unpaired) electrons. The second kappa shape index (κ2) is 14.1. The number of aliphatic hydroxyl groups is 1. The number of allylic oxidation sites excluding steroid dienone is 2. The van der Waals surface area contributed by atoms with E-state index in [1.165, 1.54) is 94.6 Å². The van der Waals surface area contributed by atoms with Crippen molar-refractivity contribution in [2.45, 2.75) is 141 Å². The first kappa shape index (κ1) is 29.3. The van der Waals surface area contributed by atoms with Crippen LogP contribution >= 0.6 is 0 Å². The molecule has 3 saturated carbocycles. The number of hydrogen-bond donors (Lipinski definition) is 1. The molecule has 0 heterocycles. The molecule has 2 atom stereocenters.